The summed E-state index contributed by atoms with van der Waals surface area (Å²) in [6.45, 7) is 3.03. The summed E-state index contributed by atoms with van der Waals surface area (Å²) < 4.78 is 43.7. The van der Waals surface area contributed by atoms with E-state index in [1.54, 1.807) is 18.2 Å². The first-order valence-electron chi connectivity index (χ1n) is 7.96. The molecule has 0 aliphatic rings. The topological polar surface area (TPSA) is 67.4 Å². The summed E-state index contributed by atoms with van der Waals surface area (Å²) in [5.74, 6) is 0.388. The van der Waals surface area contributed by atoms with Gasteiger partial charge >= 0.3 is 0 Å². The van der Waals surface area contributed by atoms with E-state index in [0.29, 0.717) is 24.4 Å². The van der Waals surface area contributed by atoms with Gasteiger partial charge in [-0.15, -0.1) is 0 Å². The highest BCUT2D eigenvalue weighted by Crippen LogP contribution is 2.15. The fraction of sp³-hybridized carbons (Fsp3) is 0.333. The van der Waals surface area contributed by atoms with Crippen LogP contribution >= 0.6 is 0 Å². The predicted molar refractivity (Wildman–Crippen MR) is 96.3 cm³/mol. The number of halogens is 1. The molecule has 0 bridgehead atoms. The summed E-state index contributed by atoms with van der Waals surface area (Å²) in [5.41, 5.74) is 1.56. The maximum absolute atomic E-state index is 13.5. The molecule has 0 heterocycles. The molecule has 0 saturated carbocycles. The summed E-state index contributed by atoms with van der Waals surface area (Å²) in [7, 11) is -3.17. The molecule has 25 heavy (non-hydrogen) atoms. The van der Waals surface area contributed by atoms with Gasteiger partial charge in [0.1, 0.15) is 18.2 Å². The van der Waals surface area contributed by atoms with Crippen LogP contribution in [0.25, 0.3) is 0 Å². The molecule has 0 saturated heterocycles. The Labute approximate surface area is 148 Å². The lowest BCUT2D eigenvalue weighted by Gasteiger charge is -2.14. The summed E-state index contributed by atoms with van der Waals surface area (Å²) in [5, 5.41) is 3.24. The number of nitrogens with one attached hydrogen (secondary N) is 2. The van der Waals surface area contributed by atoms with Gasteiger partial charge in [0.15, 0.2) is 0 Å². The van der Waals surface area contributed by atoms with Gasteiger partial charge in [0.05, 0.1) is 6.26 Å². The second-order valence-electron chi connectivity index (χ2n) is 5.93. The normalized spacial score (nSPS) is 12.8. The molecule has 0 amide bonds. The van der Waals surface area contributed by atoms with Crippen LogP contribution < -0.4 is 14.8 Å². The third kappa shape index (κ3) is 7.21. The third-order valence-corrected chi connectivity index (χ3v) is 4.27. The molecule has 2 N–H and O–H groups in total. The first-order valence-corrected chi connectivity index (χ1v) is 9.86. The predicted octanol–water partition coefficient (Wildman–Crippen LogP) is 2.43. The number of sulfonamides is 1. The van der Waals surface area contributed by atoms with Crippen LogP contribution in [0.1, 0.15) is 18.1 Å². The van der Waals surface area contributed by atoms with Crippen molar-refractivity contribution in [2.45, 2.75) is 26.1 Å². The van der Waals surface area contributed by atoms with Crippen molar-refractivity contribution in [1.29, 1.82) is 0 Å². The number of rotatable bonds is 9. The number of hydrogen-bond acceptors (Lipinski definition) is 4. The number of ether oxygens (including phenoxy) is 1. The highest BCUT2D eigenvalue weighted by atomic mass is 32.2. The Bertz CT molecular complexity index is 779. The average molecular weight is 366 g/mol. The Morgan fingerprint density at radius 3 is 2.44 bits per heavy atom. The van der Waals surface area contributed by atoms with E-state index in [-0.39, 0.29) is 18.5 Å². The van der Waals surface area contributed by atoms with Crippen molar-refractivity contribution in [3.05, 3.63) is 65.5 Å². The zero-order valence-corrected chi connectivity index (χ0v) is 15.1. The van der Waals surface area contributed by atoms with Gasteiger partial charge in [0, 0.05) is 24.7 Å². The molecule has 1 atom stereocenters. The quantitative estimate of drug-likeness (QED) is 0.715. The fourth-order valence-corrected chi connectivity index (χ4v) is 2.67. The molecule has 2 aromatic carbocycles. The van der Waals surface area contributed by atoms with Gasteiger partial charge in [0.2, 0.25) is 10.0 Å². The van der Waals surface area contributed by atoms with Crippen molar-refractivity contribution >= 4 is 10.0 Å². The van der Waals surface area contributed by atoms with E-state index in [4.69, 9.17) is 4.74 Å². The lowest BCUT2D eigenvalue weighted by Crippen LogP contribution is -2.38. The second-order valence-corrected chi connectivity index (χ2v) is 7.76. The summed E-state index contributed by atoms with van der Waals surface area (Å²) in [6.07, 6.45) is 1.14. The first kappa shape index (κ1) is 19.4. The van der Waals surface area contributed by atoms with Crippen LogP contribution in [-0.4, -0.2) is 27.3 Å². The molecule has 1 unspecified atom stereocenters. The third-order valence-electron chi connectivity index (χ3n) is 3.58. The monoisotopic (exact) mass is 366 g/mol. The largest absolute Gasteiger partial charge is 0.489 e. The SMILES string of the molecule is CC(CNS(C)(=O)=O)NCc1ccc(OCc2ccccc2F)cc1. The van der Waals surface area contributed by atoms with Gasteiger partial charge in [-0.05, 0) is 30.7 Å². The molecule has 5 nitrogen and oxygen atoms in total. The van der Waals surface area contributed by atoms with Gasteiger partial charge in [-0.1, -0.05) is 30.3 Å². The van der Waals surface area contributed by atoms with E-state index in [1.165, 1.54) is 6.07 Å². The van der Waals surface area contributed by atoms with Crippen LogP contribution in [0.5, 0.6) is 5.75 Å². The Kier molecular flexibility index (Phi) is 6.92. The minimum absolute atomic E-state index is 0.00621. The molecule has 0 aliphatic carbocycles. The van der Waals surface area contributed by atoms with Crippen molar-refractivity contribution < 1.29 is 17.5 Å². The maximum atomic E-state index is 13.5. The smallest absolute Gasteiger partial charge is 0.208 e. The molecule has 0 fully saturated rings. The zero-order valence-electron chi connectivity index (χ0n) is 14.3. The summed E-state index contributed by atoms with van der Waals surface area (Å²) in [6, 6.07) is 14.0. The summed E-state index contributed by atoms with van der Waals surface area (Å²) >= 11 is 0. The Morgan fingerprint density at radius 1 is 1.12 bits per heavy atom. The average Bonchev–Trinajstić information content (AvgIpc) is 2.58. The van der Waals surface area contributed by atoms with Gasteiger partial charge < -0.3 is 10.1 Å². The van der Waals surface area contributed by atoms with Crippen LogP contribution in [0.2, 0.25) is 0 Å². The summed E-state index contributed by atoms with van der Waals surface area (Å²) in [4.78, 5) is 0. The Balaban J connectivity index is 1.79. The molecule has 0 spiro atoms. The van der Waals surface area contributed by atoms with Crippen LogP contribution in [-0.2, 0) is 23.2 Å². The standard InChI is InChI=1S/C18H23FN2O3S/c1-14(11-21-25(2,22)23)20-12-15-7-9-17(10-8-15)24-13-16-5-3-4-6-18(16)19/h3-10,14,20-21H,11-13H2,1-2H3. The van der Waals surface area contributed by atoms with Crippen LogP contribution in [0.15, 0.2) is 48.5 Å². The second kappa shape index (κ2) is 8.94. The van der Waals surface area contributed by atoms with E-state index in [0.717, 1.165) is 11.8 Å². The molecular weight excluding hydrogens is 343 g/mol. The molecule has 136 valence electrons. The molecule has 2 aromatic rings. The zero-order chi connectivity index (χ0) is 18.3. The molecule has 0 aliphatic heterocycles. The van der Waals surface area contributed by atoms with Crippen molar-refractivity contribution in [3.63, 3.8) is 0 Å². The molecule has 2 rings (SSSR count). The molecular formula is C18H23FN2O3S. The Morgan fingerprint density at radius 2 is 1.80 bits per heavy atom. The fourth-order valence-electron chi connectivity index (χ4n) is 2.12. The van der Waals surface area contributed by atoms with Gasteiger partial charge in [0.25, 0.3) is 0 Å². The highest BCUT2D eigenvalue weighted by molar-refractivity contribution is 7.88. The van der Waals surface area contributed by atoms with Gasteiger partial charge in [-0.3, -0.25) is 0 Å². The van der Waals surface area contributed by atoms with E-state index in [2.05, 4.69) is 10.0 Å². The van der Waals surface area contributed by atoms with Gasteiger partial charge in [-0.25, -0.2) is 17.5 Å². The Hall–Kier alpha value is -1.96. The van der Waals surface area contributed by atoms with Crippen LogP contribution in [0.3, 0.4) is 0 Å². The lowest BCUT2D eigenvalue weighted by molar-refractivity contribution is 0.299. The van der Waals surface area contributed by atoms with E-state index in [1.807, 2.05) is 31.2 Å². The van der Waals surface area contributed by atoms with Crippen LogP contribution in [0, 0.1) is 5.82 Å². The van der Waals surface area contributed by atoms with Crippen molar-refractivity contribution in [3.8, 4) is 5.75 Å². The van der Waals surface area contributed by atoms with Crippen molar-refractivity contribution in [2.75, 3.05) is 12.8 Å². The molecule has 0 aromatic heterocycles. The number of benzene rings is 2. The maximum Gasteiger partial charge on any atom is 0.208 e. The lowest BCUT2D eigenvalue weighted by atomic mass is 10.2. The van der Waals surface area contributed by atoms with E-state index < -0.39 is 10.0 Å². The molecule has 0 radical (unpaired) electrons. The van der Waals surface area contributed by atoms with Crippen LogP contribution in [0.4, 0.5) is 4.39 Å². The number of hydrogen-bond donors (Lipinski definition) is 2. The first-order chi connectivity index (χ1) is 11.8. The minimum Gasteiger partial charge on any atom is -0.489 e. The van der Waals surface area contributed by atoms with E-state index in [9.17, 15) is 12.8 Å². The van der Waals surface area contributed by atoms with Crippen molar-refractivity contribution in [2.24, 2.45) is 0 Å². The van der Waals surface area contributed by atoms with Gasteiger partial charge in [-0.2, -0.15) is 0 Å². The minimum atomic E-state index is -3.17. The van der Waals surface area contributed by atoms with E-state index >= 15 is 0 Å². The van der Waals surface area contributed by atoms with Crippen molar-refractivity contribution in [1.82, 2.24) is 10.0 Å². The highest BCUT2D eigenvalue weighted by Gasteiger charge is 2.06. The molecule has 7 heteroatoms.